The Balaban J connectivity index is 0.000000189. The van der Waals surface area contributed by atoms with Crippen LogP contribution in [0.15, 0.2) is 243 Å². The average molecular weight is 893 g/mol. The fraction of sp³-hybridized carbons (Fsp3) is 0.0769. The van der Waals surface area contributed by atoms with Gasteiger partial charge in [0.25, 0.3) is 0 Å². The van der Waals surface area contributed by atoms with Crippen LogP contribution in [0.2, 0.25) is 0 Å². The van der Waals surface area contributed by atoms with Crippen molar-refractivity contribution in [2.45, 2.75) is 0 Å². The number of hydrogen-bond acceptors (Lipinski definition) is 0. The first-order valence-corrected chi connectivity index (χ1v) is 25.4. The Bertz CT molecular complexity index is 1760. The van der Waals surface area contributed by atoms with Crippen molar-refractivity contribution in [3.63, 3.8) is 0 Å². The Labute approximate surface area is 360 Å². The third kappa shape index (κ3) is 12.6. The second kappa shape index (κ2) is 23.5. The summed E-state index contributed by atoms with van der Waals surface area (Å²) in [4.78, 5) is 0. The Hall–Kier alpha value is -3.83. The molecule has 0 aliphatic heterocycles. The Kier molecular flexibility index (Phi) is 17.7. The molecule has 5 heteroatoms. The first-order chi connectivity index (χ1) is 27.8. The van der Waals surface area contributed by atoms with Crippen LogP contribution in [0.5, 0.6) is 0 Å². The molecular weight excluding hydrogens is 844 g/mol. The van der Waals surface area contributed by atoms with Crippen molar-refractivity contribution in [3.05, 3.63) is 243 Å². The van der Waals surface area contributed by atoms with Gasteiger partial charge in [0.1, 0.15) is 0 Å². The summed E-state index contributed by atoms with van der Waals surface area (Å²) >= 11 is 0. The third-order valence-electron chi connectivity index (χ3n) is 9.64. The summed E-state index contributed by atoms with van der Waals surface area (Å²) in [6.45, 7) is 0. The minimum Gasteiger partial charge on any atom is -0.0622 e. The number of hydrogen-bond donors (Lipinski definition) is 0. The summed E-state index contributed by atoms with van der Waals surface area (Å²) in [5, 5.41) is 11.8. The van der Waals surface area contributed by atoms with Gasteiger partial charge in [-0.1, -0.05) is 243 Å². The number of benzene rings is 8. The van der Waals surface area contributed by atoms with Gasteiger partial charge in [0.05, 0.1) is 0 Å². The van der Waals surface area contributed by atoms with Crippen LogP contribution in [0.1, 0.15) is 0 Å². The van der Waals surface area contributed by atoms with Gasteiger partial charge >= 0.3 is 0 Å². The molecule has 0 aliphatic rings. The van der Waals surface area contributed by atoms with Gasteiger partial charge in [-0.3, -0.25) is 0 Å². The normalized spacial score (nSPS) is 10.9. The van der Waals surface area contributed by atoms with E-state index in [4.69, 9.17) is 0 Å². The van der Waals surface area contributed by atoms with Crippen LogP contribution < -0.4 is 42.4 Å². The van der Waals surface area contributed by atoms with Crippen molar-refractivity contribution >= 4 is 74.1 Å². The second-order valence-electron chi connectivity index (χ2n) is 13.3. The summed E-state index contributed by atoms with van der Waals surface area (Å²) < 4.78 is 0. The molecule has 0 N–H and O–H groups in total. The molecule has 0 amide bonds. The van der Waals surface area contributed by atoms with Gasteiger partial charge < -0.3 is 0 Å². The van der Waals surface area contributed by atoms with E-state index in [1.807, 2.05) is 0 Å². The van der Waals surface area contributed by atoms with E-state index in [0.29, 0.717) is 0 Å². The summed E-state index contributed by atoms with van der Waals surface area (Å²) in [6.07, 6.45) is 4.83. The van der Waals surface area contributed by atoms with E-state index < -0.39 is 0 Å². The van der Waals surface area contributed by atoms with E-state index in [-0.39, 0.29) is 52.8 Å². The molecule has 0 fully saturated rings. The molecule has 0 bridgehead atoms. The van der Waals surface area contributed by atoms with Gasteiger partial charge in [-0.2, -0.15) is 0 Å². The van der Waals surface area contributed by atoms with Crippen LogP contribution in [0.25, 0.3) is 0 Å². The predicted octanol–water partition coefficient (Wildman–Crippen LogP) is 10.5. The summed E-state index contributed by atoms with van der Waals surface area (Å²) in [7, 11) is -1.39. The van der Waals surface area contributed by atoms with Crippen LogP contribution in [0.4, 0.5) is 0 Å². The Morgan fingerprint density at radius 1 is 0.175 bits per heavy atom. The topological polar surface area (TPSA) is 0 Å². The van der Waals surface area contributed by atoms with Crippen molar-refractivity contribution in [2.75, 3.05) is 24.6 Å². The van der Waals surface area contributed by atoms with Crippen LogP contribution in [-0.4, -0.2) is 24.6 Å². The first kappa shape index (κ1) is 42.8. The zero-order chi connectivity index (χ0) is 38.0. The molecule has 0 saturated carbocycles. The van der Waals surface area contributed by atoms with Gasteiger partial charge in [0, 0.05) is 21.1 Å². The fourth-order valence-electron chi connectivity index (χ4n) is 6.89. The average Bonchev–Trinajstić information content (AvgIpc) is 3.29. The molecule has 0 spiro atoms. The van der Waals surface area contributed by atoms with E-state index in [2.05, 4.69) is 243 Å². The maximum atomic E-state index is 2.30. The fourth-order valence-corrected chi connectivity index (χ4v) is 17.6. The number of rotatable bonds is 14. The third-order valence-corrected chi connectivity index (χ3v) is 20.4. The molecule has 0 atom stereocenters. The van der Waals surface area contributed by atoms with Gasteiger partial charge in [-0.05, 0) is 98.8 Å². The predicted molar refractivity (Wildman–Crippen MR) is 256 cm³/mol. The molecule has 8 aromatic carbocycles. The Morgan fingerprint density at radius 2 is 0.281 bits per heavy atom. The van der Waals surface area contributed by atoms with Crippen LogP contribution >= 0.6 is 31.7 Å². The van der Waals surface area contributed by atoms with Crippen LogP contribution in [0.3, 0.4) is 0 Å². The van der Waals surface area contributed by atoms with Gasteiger partial charge in [-0.25, -0.2) is 0 Å². The molecule has 0 nitrogen and oxygen atoms in total. The molecule has 0 unspecified atom stereocenters. The molecule has 0 aliphatic carbocycles. The standard InChI is InChI=1S/2C26H24P2.Mo/c2*1-5-13-23(14-6-1)27(24-15-7-2-8-16-24)21-22-28(25-17-9-3-10-18-25)26-19-11-4-12-20-26;/h2*1-20H,21-22H2;. The SMILES string of the molecule is [Mo].c1ccc(P(CCP(c2ccccc2)c2ccccc2)c2ccccc2)cc1.c1ccc(P(CCP(c2ccccc2)c2ccccc2)c2ccccc2)cc1. The smallest absolute Gasteiger partial charge is 0 e. The van der Waals surface area contributed by atoms with E-state index in [9.17, 15) is 0 Å². The van der Waals surface area contributed by atoms with Gasteiger partial charge in [0.2, 0.25) is 0 Å². The zero-order valence-electron chi connectivity index (χ0n) is 32.1. The van der Waals surface area contributed by atoms with E-state index in [1.54, 1.807) is 0 Å². The molecule has 0 radical (unpaired) electrons. The first-order valence-electron chi connectivity index (χ1n) is 19.3. The second-order valence-corrected chi connectivity index (χ2v) is 22.6. The quantitative estimate of drug-likeness (QED) is 0.0754. The molecule has 0 heterocycles. The maximum Gasteiger partial charge on any atom is 0 e. The molecule has 0 aromatic heterocycles. The Morgan fingerprint density at radius 3 is 0.386 bits per heavy atom. The summed E-state index contributed by atoms with van der Waals surface area (Å²) in [5.74, 6) is 0. The van der Waals surface area contributed by atoms with Crippen molar-refractivity contribution < 1.29 is 21.1 Å². The minimum absolute atomic E-state index is 0. The van der Waals surface area contributed by atoms with Crippen LogP contribution in [0, 0.1) is 0 Å². The minimum atomic E-state index is -0.348. The van der Waals surface area contributed by atoms with Crippen molar-refractivity contribution in [2.24, 2.45) is 0 Å². The summed E-state index contributed by atoms with van der Waals surface area (Å²) in [6, 6.07) is 88.4. The van der Waals surface area contributed by atoms with E-state index in [1.165, 1.54) is 67.1 Å². The molecule has 57 heavy (non-hydrogen) atoms. The molecule has 8 rings (SSSR count). The molecular formula is C52H48MoP4. The van der Waals surface area contributed by atoms with Gasteiger partial charge in [0.15, 0.2) is 0 Å². The van der Waals surface area contributed by atoms with Gasteiger partial charge in [-0.15, -0.1) is 0 Å². The van der Waals surface area contributed by atoms with Crippen molar-refractivity contribution in [1.82, 2.24) is 0 Å². The summed E-state index contributed by atoms with van der Waals surface area (Å²) in [5.41, 5.74) is 0. The maximum absolute atomic E-state index is 2.30. The zero-order valence-corrected chi connectivity index (χ0v) is 37.7. The molecule has 282 valence electrons. The molecule has 8 aromatic rings. The van der Waals surface area contributed by atoms with E-state index >= 15 is 0 Å². The molecule has 0 saturated heterocycles. The van der Waals surface area contributed by atoms with Crippen molar-refractivity contribution in [1.29, 1.82) is 0 Å². The van der Waals surface area contributed by atoms with Crippen LogP contribution in [-0.2, 0) is 21.1 Å². The monoisotopic (exact) mass is 894 g/mol. The van der Waals surface area contributed by atoms with Crippen molar-refractivity contribution in [3.8, 4) is 0 Å². The largest absolute Gasteiger partial charge is 0.0622 e. The van der Waals surface area contributed by atoms with E-state index in [0.717, 1.165) is 0 Å².